The summed E-state index contributed by atoms with van der Waals surface area (Å²) in [7, 11) is 1.77. The summed E-state index contributed by atoms with van der Waals surface area (Å²) in [6, 6.07) is 15.3. The van der Waals surface area contributed by atoms with E-state index in [-0.39, 0.29) is 5.91 Å². The van der Waals surface area contributed by atoms with Crippen LogP contribution in [-0.2, 0) is 4.74 Å². The van der Waals surface area contributed by atoms with E-state index >= 15 is 0 Å². The molecule has 0 saturated carbocycles. The standard InChI is InChI=1S/C19H21BrN2O2/c1-24-18-3-2-12-22(13-18)17-10-8-16(9-11-17)21-19(23)14-4-6-15(20)7-5-14/h4-11,18H,2-3,12-13H2,1H3,(H,21,23). The van der Waals surface area contributed by atoms with Crippen molar-refractivity contribution in [2.75, 3.05) is 30.4 Å². The van der Waals surface area contributed by atoms with Crippen molar-refractivity contribution in [3.63, 3.8) is 0 Å². The lowest BCUT2D eigenvalue weighted by Crippen LogP contribution is -2.39. The van der Waals surface area contributed by atoms with E-state index in [1.165, 1.54) is 5.69 Å². The molecule has 2 aromatic carbocycles. The molecule has 1 atom stereocenters. The van der Waals surface area contributed by atoms with Crippen LogP contribution in [0.1, 0.15) is 23.2 Å². The number of carbonyl (C=O) groups is 1. The van der Waals surface area contributed by atoms with Crippen molar-refractivity contribution < 1.29 is 9.53 Å². The van der Waals surface area contributed by atoms with Crippen molar-refractivity contribution in [2.45, 2.75) is 18.9 Å². The molecule has 126 valence electrons. The number of hydrogen-bond acceptors (Lipinski definition) is 3. The predicted molar refractivity (Wildman–Crippen MR) is 101 cm³/mol. The number of nitrogens with zero attached hydrogens (tertiary/aromatic N) is 1. The molecule has 1 heterocycles. The molecule has 1 unspecified atom stereocenters. The van der Waals surface area contributed by atoms with Crippen molar-refractivity contribution >= 4 is 33.2 Å². The maximum atomic E-state index is 12.2. The third kappa shape index (κ3) is 4.16. The van der Waals surface area contributed by atoms with E-state index in [1.54, 1.807) is 19.2 Å². The van der Waals surface area contributed by atoms with Crippen LogP contribution in [0.5, 0.6) is 0 Å². The lowest BCUT2D eigenvalue weighted by molar-refractivity contribution is 0.0893. The second kappa shape index (κ2) is 7.81. The Kier molecular flexibility index (Phi) is 5.53. The highest BCUT2D eigenvalue weighted by atomic mass is 79.9. The van der Waals surface area contributed by atoms with E-state index in [0.717, 1.165) is 36.1 Å². The molecule has 0 aromatic heterocycles. The van der Waals surface area contributed by atoms with Gasteiger partial charge in [-0.05, 0) is 61.4 Å². The van der Waals surface area contributed by atoms with Gasteiger partial charge in [0, 0.05) is 41.6 Å². The quantitative estimate of drug-likeness (QED) is 0.847. The summed E-state index contributed by atoms with van der Waals surface area (Å²) in [5.74, 6) is -0.104. The van der Waals surface area contributed by atoms with E-state index in [2.05, 4.69) is 38.3 Å². The number of rotatable bonds is 4. The highest BCUT2D eigenvalue weighted by Gasteiger charge is 2.19. The number of anilines is 2. The van der Waals surface area contributed by atoms with Crippen molar-refractivity contribution in [3.05, 3.63) is 58.6 Å². The van der Waals surface area contributed by atoms with Crippen molar-refractivity contribution in [2.24, 2.45) is 0 Å². The van der Waals surface area contributed by atoms with E-state index in [4.69, 9.17) is 4.74 Å². The van der Waals surface area contributed by atoms with Crippen LogP contribution in [-0.4, -0.2) is 32.2 Å². The lowest BCUT2D eigenvalue weighted by atomic mass is 10.1. The molecule has 0 bridgehead atoms. The minimum absolute atomic E-state index is 0.104. The first-order chi connectivity index (χ1) is 11.7. The highest BCUT2D eigenvalue weighted by Crippen LogP contribution is 2.23. The van der Waals surface area contributed by atoms with Crippen LogP contribution in [0.2, 0.25) is 0 Å². The number of ether oxygens (including phenoxy) is 1. The molecule has 1 aliphatic heterocycles. The number of amides is 1. The van der Waals surface area contributed by atoms with E-state index in [0.29, 0.717) is 11.7 Å². The third-order valence-corrected chi connectivity index (χ3v) is 4.84. The summed E-state index contributed by atoms with van der Waals surface area (Å²) >= 11 is 3.37. The normalized spacial score (nSPS) is 17.6. The number of halogens is 1. The van der Waals surface area contributed by atoms with Crippen LogP contribution in [0.4, 0.5) is 11.4 Å². The summed E-state index contributed by atoms with van der Waals surface area (Å²) < 4.78 is 6.43. The third-order valence-electron chi connectivity index (χ3n) is 4.31. The Morgan fingerprint density at radius 3 is 2.54 bits per heavy atom. The van der Waals surface area contributed by atoms with Gasteiger partial charge in [0.15, 0.2) is 0 Å². The van der Waals surface area contributed by atoms with Gasteiger partial charge in [0.25, 0.3) is 5.91 Å². The topological polar surface area (TPSA) is 41.6 Å². The monoisotopic (exact) mass is 388 g/mol. The summed E-state index contributed by atoms with van der Waals surface area (Å²) in [5, 5.41) is 2.93. The van der Waals surface area contributed by atoms with Crippen LogP contribution in [0.15, 0.2) is 53.0 Å². The van der Waals surface area contributed by atoms with E-state index < -0.39 is 0 Å². The number of hydrogen-bond donors (Lipinski definition) is 1. The Bertz CT molecular complexity index is 686. The van der Waals surface area contributed by atoms with Gasteiger partial charge in [-0.3, -0.25) is 4.79 Å². The van der Waals surface area contributed by atoms with Gasteiger partial charge in [0.05, 0.1) is 6.10 Å². The number of nitrogens with one attached hydrogen (secondary N) is 1. The first kappa shape index (κ1) is 17.0. The maximum absolute atomic E-state index is 12.2. The molecule has 1 aliphatic rings. The molecule has 1 fully saturated rings. The average molecular weight is 389 g/mol. The molecule has 3 rings (SSSR count). The van der Waals surface area contributed by atoms with Gasteiger partial charge in [-0.25, -0.2) is 0 Å². The zero-order valence-electron chi connectivity index (χ0n) is 13.7. The molecule has 1 saturated heterocycles. The number of carbonyl (C=O) groups excluding carboxylic acids is 1. The number of piperidine rings is 1. The van der Waals surface area contributed by atoms with Gasteiger partial charge in [0.2, 0.25) is 0 Å². The van der Waals surface area contributed by atoms with Crippen LogP contribution in [0.25, 0.3) is 0 Å². The lowest BCUT2D eigenvalue weighted by Gasteiger charge is -2.33. The van der Waals surface area contributed by atoms with Crippen LogP contribution >= 0.6 is 15.9 Å². The predicted octanol–water partition coefficient (Wildman–Crippen LogP) is 4.32. The molecule has 24 heavy (non-hydrogen) atoms. The van der Waals surface area contributed by atoms with E-state index in [9.17, 15) is 4.79 Å². The molecule has 0 spiro atoms. The summed E-state index contributed by atoms with van der Waals surface area (Å²) in [5.41, 5.74) is 2.60. The zero-order chi connectivity index (χ0) is 16.9. The molecular weight excluding hydrogens is 368 g/mol. The average Bonchev–Trinajstić information content (AvgIpc) is 2.63. The molecule has 4 nitrogen and oxygen atoms in total. The van der Waals surface area contributed by atoms with Gasteiger partial charge >= 0.3 is 0 Å². The van der Waals surface area contributed by atoms with Gasteiger partial charge in [-0.2, -0.15) is 0 Å². The Morgan fingerprint density at radius 1 is 1.17 bits per heavy atom. The van der Waals surface area contributed by atoms with E-state index in [1.807, 2.05) is 24.3 Å². The van der Waals surface area contributed by atoms with Gasteiger partial charge in [-0.15, -0.1) is 0 Å². The fourth-order valence-corrected chi connectivity index (χ4v) is 3.19. The second-order valence-electron chi connectivity index (χ2n) is 5.95. The Balaban J connectivity index is 1.64. The van der Waals surface area contributed by atoms with Crippen molar-refractivity contribution in [1.82, 2.24) is 0 Å². The second-order valence-corrected chi connectivity index (χ2v) is 6.87. The molecule has 1 N–H and O–H groups in total. The smallest absolute Gasteiger partial charge is 0.255 e. The largest absolute Gasteiger partial charge is 0.380 e. The molecule has 1 amide bonds. The fraction of sp³-hybridized carbons (Fsp3) is 0.316. The molecule has 2 aromatic rings. The van der Waals surface area contributed by atoms with Crippen molar-refractivity contribution in [1.29, 1.82) is 0 Å². The Morgan fingerprint density at radius 2 is 1.88 bits per heavy atom. The van der Waals surface area contributed by atoms with Gasteiger partial charge in [0.1, 0.15) is 0 Å². The molecule has 0 radical (unpaired) electrons. The zero-order valence-corrected chi connectivity index (χ0v) is 15.3. The fourth-order valence-electron chi connectivity index (χ4n) is 2.93. The van der Waals surface area contributed by atoms with Crippen LogP contribution in [0.3, 0.4) is 0 Å². The molecule has 5 heteroatoms. The SMILES string of the molecule is COC1CCCN(c2ccc(NC(=O)c3ccc(Br)cc3)cc2)C1. The van der Waals surface area contributed by atoms with Crippen LogP contribution < -0.4 is 10.2 Å². The van der Waals surface area contributed by atoms with Crippen LogP contribution in [0, 0.1) is 0 Å². The maximum Gasteiger partial charge on any atom is 0.255 e. The van der Waals surface area contributed by atoms with Gasteiger partial charge < -0.3 is 15.0 Å². The number of benzene rings is 2. The Hall–Kier alpha value is -1.85. The Labute approximate surface area is 150 Å². The minimum atomic E-state index is -0.104. The molecule has 0 aliphatic carbocycles. The van der Waals surface area contributed by atoms with Crippen molar-refractivity contribution in [3.8, 4) is 0 Å². The first-order valence-electron chi connectivity index (χ1n) is 8.10. The highest BCUT2D eigenvalue weighted by molar-refractivity contribution is 9.10. The minimum Gasteiger partial charge on any atom is -0.380 e. The number of methoxy groups -OCH3 is 1. The first-order valence-corrected chi connectivity index (χ1v) is 8.90. The van der Waals surface area contributed by atoms with Gasteiger partial charge in [-0.1, -0.05) is 15.9 Å². The summed E-state index contributed by atoms with van der Waals surface area (Å²) in [4.78, 5) is 14.6. The molecular formula is C19H21BrN2O2. The summed E-state index contributed by atoms with van der Waals surface area (Å²) in [6.45, 7) is 1.96. The summed E-state index contributed by atoms with van der Waals surface area (Å²) in [6.07, 6.45) is 2.56.